The minimum absolute atomic E-state index is 0.172. The highest BCUT2D eigenvalue weighted by Gasteiger charge is 2.21. The summed E-state index contributed by atoms with van der Waals surface area (Å²) in [4.78, 5) is 24.2. The average molecular weight is 368 g/mol. The van der Waals surface area contributed by atoms with Gasteiger partial charge < -0.3 is 23.9 Å². The molecule has 0 aliphatic carbocycles. The van der Waals surface area contributed by atoms with Crippen LogP contribution in [0.1, 0.15) is 18.2 Å². The number of carbonyl (C=O) groups is 2. The number of amides is 1. The van der Waals surface area contributed by atoms with E-state index in [2.05, 4.69) is 5.32 Å². The number of hydrogen-bond donors (Lipinski definition) is 1. The van der Waals surface area contributed by atoms with Crippen LogP contribution in [-0.4, -0.2) is 24.8 Å². The Morgan fingerprint density at radius 3 is 2.89 bits per heavy atom. The number of furan rings is 1. The van der Waals surface area contributed by atoms with Crippen LogP contribution in [0.25, 0.3) is 6.08 Å². The molecular weight excluding hydrogens is 352 g/mol. The summed E-state index contributed by atoms with van der Waals surface area (Å²) >= 11 is 0. The Morgan fingerprint density at radius 1 is 1.33 bits per heavy atom. The summed E-state index contributed by atoms with van der Waals surface area (Å²) in [5.41, 5.74) is 0.543. The fraction of sp³-hybridized carbons (Fsp3) is 0.211. The predicted molar refractivity (Wildman–Crippen MR) is 92.3 cm³/mol. The van der Waals surface area contributed by atoms with Crippen LogP contribution >= 0.6 is 0 Å². The summed E-state index contributed by atoms with van der Waals surface area (Å²) in [5.74, 6) is 0.210. The SMILES string of the molecule is C[C@@H](OC(=O)/C(C#N)=C/c1ccco1)C(=O)NCc1ccc2c(c1)OCO2. The number of hydrogen-bond acceptors (Lipinski definition) is 7. The van der Waals surface area contributed by atoms with Gasteiger partial charge in [-0.3, -0.25) is 4.79 Å². The molecule has 1 N–H and O–H groups in total. The van der Waals surface area contributed by atoms with Gasteiger partial charge in [-0.2, -0.15) is 5.26 Å². The summed E-state index contributed by atoms with van der Waals surface area (Å²) in [6.07, 6.45) is 1.60. The van der Waals surface area contributed by atoms with E-state index in [1.54, 1.807) is 36.4 Å². The van der Waals surface area contributed by atoms with Crippen molar-refractivity contribution in [2.45, 2.75) is 19.6 Å². The van der Waals surface area contributed by atoms with Crippen LogP contribution in [0, 0.1) is 11.3 Å². The van der Waals surface area contributed by atoms with Crippen molar-refractivity contribution in [2.24, 2.45) is 0 Å². The third-order valence-electron chi connectivity index (χ3n) is 3.73. The van der Waals surface area contributed by atoms with Crippen molar-refractivity contribution in [3.8, 4) is 17.6 Å². The smallest absolute Gasteiger partial charge is 0.349 e. The van der Waals surface area contributed by atoms with E-state index in [0.717, 1.165) is 5.56 Å². The van der Waals surface area contributed by atoms with E-state index in [9.17, 15) is 9.59 Å². The molecule has 0 spiro atoms. The van der Waals surface area contributed by atoms with Gasteiger partial charge in [0.2, 0.25) is 6.79 Å². The Bertz CT molecular complexity index is 911. The Balaban J connectivity index is 1.54. The quantitative estimate of drug-likeness (QED) is 0.472. The summed E-state index contributed by atoms with van der Waals surface area (Å²) in [7, 11) is 0. The molecule has 0 fully saturated rings. The summed E-state index contributed by atoms with van der Waals surface area (Å²) < 4.78 is 20.6. The first-order chi connectivity index (χ1) is 13.1. The summed E-state index contributed by atoms with van der Waals surface area (Å²) in [6, 6.07) is 10.3. The molecule has 1 aromatic heterocycles. The molecule has 8 heteroatoms. The molecule has 8 nitrogen and oxygen atoms in total. The first kappa shape index (κ1) is 18.1. The minimum atomic E-state index is -1.07. The Labute approximate surface area is 154 Å². The number of carbonyl (C=O) groups excluding carboxylic acids is 2. The van der Waals surface area contributed by atoms with Crippen molar-refractivity contribution >= 4 is 18.0 Å². The Hall–Kier alpha value is -3.73. The fourth-order valence-electron chi connectivity index (χ4n) is 2.31. The number of nitrogens with one attached hydrogen (secondary N) is 1. The highest BCUT2D eigenvalue weighted by molar-refractivity contribution is 5.98. The first-order valence-corrected chi connectivity index (χ1v) is 8.09. The number of benzene rings is 1. The largest absolute Gasteiger partial charge is 0.465 e. The molecule has 3 rings (SSSR count). The monoisotopic (exact) mass is 368 g/mol. The molecule has 27 heavy (non-hydrogen) atoms. The van der Waals surface area contributed by atoms with Crippen LogP contribution in [0.3, 0.4) is 0 Å². The van der Waals surface area contributed by atoms with E-state index in [0.29, 0.717) is 17.3 Å². The maximum atomic E-state index is 12.1. The highest BCUT2D eigenvalue weighted by atomic mass is 16.7. The lowest BCUT2D eigenvalue weighted by Gasteiger charge is -2.13. The molecule has 2 aromatic rings. The van der Waals surface area contributed by atoms with E-state index < -0.39 is 18.0 Å². The topological polar surface area (TPSA) is 111 Å². The number of ether oxygens (including phenoxy) is 3. The minimum Gasteiger partial charge on any atom is -0.465 e. The Morgan fingerprint density at radius 2 is 2.15 bits per heavy atom. The molecule has 1 aliphatic rings. The van der Waals surface area contributed by atoms with Crippen LogP contribution in [-0.2, 0) is 20.9 Å². The second-order valence-electron chi connectivity index (χ2n) is 5.64. The van der Waals surface area contributed by atoms with Gasteiger partial charge >= 0.3 is 5.97 Å². The van der Waals surface area contributed by atoms with E-state index in [-0.39, 0.29) is 18.9 Å². The van der Waals surface area contributed by atoms with E-state index in [1.165, 1.54) is 19.3 Å². The maximum absolute atomic E-state index is 12.1. The third-order valence-corrected chi connectivity index (χ3v) is 3.73. The second kappa shape index (κ2) is 8.10. The maximum Gasteiger partial charge on any atom is 0.349 e. The predicted octanol–water partition coefficient (Wildman–Crippen LogP) is 2.16. The second-order valence-corrected chi connectivity index (χ2v) is 5.64. The van der Waals surface area contributed by atoms with Crippen LogP contribution in [0.4, 0.5) is 0 Å². The van der Waals surface area contributed by atoms with Gasteiger partial charge in [0.05, 0.1) is 6.26 Å². The lowest BCUT2D eigenvalue weighted by molar-refractivity contribution is -0.150. The zero-order valence-corrected chi connectivity index (χ0v) is 14.4. The van der Waals surface area contributed by atoms with Gasteiger partial charge in [0, 0.05) is 12.6 Å². The molecule has 0 bridgehead atoms. The normalized spacial score (nSPS) is 13.6. The van der Waals surface area contributed by atoms with Gasteiger partial charge in [0.25, 0.3) is 5.91 Å². The molecule has 0 unspecified atom stereocenters. The van der Waals surface area contributed by atoms with Gasteiger partial charge in [-0.05, 0) is 36.8 Å². The third kappa shape index (κ3) is 4.46. The number of fused-ring (bicyclic) bond motifs is 1. The molecule has 2 heterocycles. The van der Waals surface area contributed by atoms with Crippen molar-refractivity contribution in [2.75, 3.05) is 6.79 Å². The van der Waals surface area contributed by atoms with Crippen LogP contribution in [0.15, 0.2) is 46.6 Å². The van der Waals surface area contributed by atoms with E-state index in [4.69, 9.17) is 23.9 Å². The summed E-state index contributed by atoms with van der Waals surface area (Å²) in [5, 5.41) is 11.8. The summed E-state index contributed by atoms with van der Waals surface area (Å²) in [6.45, 7) is 1.82. The number of esters is 1. The molecule has 1 amide bonds. The Kier molecular flexibility index (Phi) is 5.42. The lowest BCUT2D eigenvalue weighted by Crippen LogP contribution is -2.35. The van der Waals surface area contributed by atoms with Gasteiger partial charge in [-0.25, -0.2) is 4.79 Å². The van der Waals surface area contributed by atoms with Gasteiger partial charge in [0.1, 0.15) is 17.4 Å². The van der Waals surface area contributed by atoms with E-state index >= 15 is 0 Å². The van der Waals surface area contributed by atoms with Gasteiger partial charge in [-0.1, -0.05) is 6.07 Å². The van der Waals surface area contributed by atoms with Crippen molar-refractivity contribution in [1.29, 1.82) is 5.26 Å². The number of nitriles is 1. The van der Waals surface area contributed by atoms with Crippen molar-refractivity contribution < 1.29 is 28.2 Å². The van der Waals surface area contributed by atoms with Crippen LogP contribution in [0.5, 0.6) is 11.5 Å². The molecule has 0 radical (unpaired) electrons. The molecule has 0 saturated carbocycles. The number of nitrogens with zero attached hydrogens (tertiary/aromatic N) is 1. The zero-order chi connectivity index (χ0) is 19.2. The zero-order valence-electron chi connectivity index (χ0n) is 14.4. The molecule has 1 aliphatic heterocycles. The van der Waals surface area contributed by atoms with Crippen molar-refractivity contribution in [3.63, 3.8) is 0 Å². The first-order valence-electron chi connectivity index (χ1n) is 8.09. The molecule has 1 atom stereocenters. The number of rotatable bonds is 6. The van der Waals surface area contributed by atoms with Crippen molar-refractivity contribution in [1.82, 2.24) is 5.32 Å². The molecule has 138 valence electrons. The van der Waals surface area contributed by atoms with Gasteiger partial charge in [0.15, 0.2) is 17.6 Å². The van der Waals surface area contributed by atoms with Gasteiger partial charge in [-0.15, -0.1) is 0 Å². The molecule has 0 saturated heterocycles. The standard InChI is InChI=1S/C19H16N2O6/c1-12(27-19(23)14(9-20)8-15-3-2-6-24-15)18(22)21-10-13-4-5-16-17(7-13)26-11-25-16/h2-8,12H,10-11H2,1H3,(H,21,22)/b14-8+/t12-/m1/s1. The molecular formula is C19H16N2O6. The van der Waals surface area contributed by atoms with Crippen LogP contribution < -0.4 is 14.8 Å². The molecule has 1 aromatic carbocycles. The van der Waals surface area contributed by atoms with Crippen LogP contribution in [0.2, 0.25) is 0 Å². The van der Waals surface area contributed by atoms with Crippen molar-refractivity contribution in [3.05, 3.63) is 53.5 Å². The lowest BCUT2D eigenvalue weighted by atomic mass is 10.2. The highest BCUT2D eigenvalue weighted by Crippen LogP contribution is 2.32. The van der Waals surface area contributed by atoms with E-state index in [1.807, 2.05) is 0 Å². The average Bonchev–Trinajstić information content (AvgIpc) is 3.34. The fourth-order valence-corrected chi connectivity index (χ4v) is 2.31.